The van der Waals surface area contributed by atoms with E-state index in [1.54, 1.807) is 7.11 Å². The van der Waals surface area contributed by atoms with Gasteiger partial charge in [0.1, 0.15) is 0 Å². The van der Waals surface area contributed by atoms with Crippen molar-refractivity contribution in [1.29, 1.82) is 0 Å². The number of carbonyl (C=O) groups is 1. The van der Waals surface area contributed by atoms with Crippen LogP contribution in [0.25, 0.3) is 0 Å². The van der Waals surface area contributed by atoms with E-state index in [0.717, 1.165) is 18.5 Å². The van der Waals surface area contributed by atoms with Crippen LogP contribution in [-0.4, -0.2) is 58.4 Å². The number of nitrogens with one attached hydrogen (secondary N) is 3. The molecule has 0 heterocycles. The number of anilines is 1. The van der Waals surface area contributed by atoms with Crippen LogP contribution in [0.3, 0.4) is 0 Å². The zero-order valence-corrected chi connectivity index (χ0v) is 19.9. The summed E-state index contributed by atoms with van der Waals surface area (Å²) < 4.78 is 10.3. The van der Waals surface area contributed by atoms with Crippen molar-refractivity contribution in [2.24, 2.45) is 4.99 Å². The lowest BCUT2D eigenvalue weighted by molar-refractivity contribution is -0.116. The number of amides is 1. The maximum absolute atomic E-state index is 12.1. The lowest BCUT2D eigenvalue weighted by Gasteiger charge is -2.12. The van der Waals surface area contributed by atoms with Crippen molar-refractivity contribution in [3.63, 3.8) is 0 Å². The maximum Gasteiger partial charge on any atom is 0.226 e. The molecule has 0 fully saturated rings. The lowest BCUT2D eigenvalue weighted by atomic mass is 10.2. The number of halogens is 2. The lowest BCUT2D eigenvalue weighted by Crippen LogP contribution is -2.38. The SMILES string of the molecule is CCNC(=NCCCOCCOC)NCCC(=O)Nc1ccc(C)cc1Cl.I. The predicted octanol–water partition coefficient (Wildman–Crippen LogP) is 3.20. The van der Waals surface area contributed by atoms with Gasteiger partial charge in [-0.05, 0) is 38.0 Å². The van der Waals surface area contributed by atoms with E-state index in [2.05, 4.69) is 20.9 Å². The number of rotatable bonds is 12. The van der Waals surface area contributed by atoms with Crippen LogP contribution in [0.4, 0.5) is 5.69 Å². The Morgan fingerprint density at radius 3 is 2.68 bits per heavy atom. The van der Waals surface area contributed by atoms with E-state index in [1.165, 1.54) is 0 Å². The molecule has 160 valence electrons. The Kier molecular flexibility index (Phi) is 16.2. The third-order valence-corrected chi connectivity index (χ3v) is 3.85. The first kappa shape index (κ1) is 26.9. The minimum atomic E-state index is -0.101. The number of methoxy groups -OCH3 is 1. The molecule has 0 saturated heterocycles. The third-order valence-electron chi connectivity index (χ3n) is 3.54. The number of aryl methyl sites for hydroxylation is 1. The van der Waals surface area contributed by atoms with Gasteiger partial charge < -0.3 is 25.4 Å². The van der Waals surface area contributed by atoms with Crippen molar-refractivity contribution in [1.82, 2.24) is 10.6 Å². The maximum atomic E-state index is 12.1. The van der Waals surface area contributed by atoms with E-state index in [-0.39, 0.29) is 29.9 Å². The van der Waals surface area contributed by atoms with Gasteiger partial charge in [-0.15, -0.1) is 24.0 Å². The van der Waals surface area contributed by atoms with Gasteiger partial charge >= 0.3 is 0 Å². The fourth-order valence-electron chi connectivity index (χ4n) is 2.17. The molecule has 0 aromatic heterocycles. The monoisotopic (exact) mass is 526 g/mol. The van der Waals surface area contributed by atoms with Crippen molar-refractivity contribution in [3.05, 3.63) is 28.8 Å². The number of hydrogen-bond acceptors (Lipinski definition) is 4. The summed E-state index contributed by atoms with van der Waals surface area (Å²) in [6.07, 6.45) is 1.14. The second-order valence-electron chi connectivity index (χ2n) is 5.93. The first-order valence-corrected chi connectivity index (χ1v) is 9.59. The quantitative estimate of drug-likeness (QED) is 0.169. The normalized spacial score (nSPS) is 10.9. The Balaban J connectivity index is 0.00000729. The van der Waals surface area contributed by atoms with Crippen LogP contribution >= 0.6 is 35.6 Å². The number of guanidine groups is 1. The molecular formula is C19H32ClIN4O3. The van der Waals surface area contributed by atoms with Crippen LogP contribution in [0.15, 0.2) is 23.2 Å². The second kappa shape index (κ2) is 16.8. The molecule has 3 N–H and O–H groups in total. The predicted molar refractivity (Wildman–Crippen MR) is 126 cm³/mol. The zero-order chi connectivity index (χ0) is 19.9. The van der Waals surface area contributed by atoms with E-state index in [4.69, 9.17) is 21.1 Å². The molecule has 7 nitrogen and oxygen atoms in total. The van der Waals surface area contributed by atoms with Gasteiger partial charge in [0, 0.05) is 39.8 Å². The van der Waals surface area contributed by atoms with Gasteiger partial charge in [0.2, 0.25) is 5.91 Å². The number of aliphatic imine (C=N–C) groups is 1. The van der Waals surface area contributed by atoms with E-state index in [0.29, 0.717) is 56.0 Å². The summed E-state index contributed by atoms with van der Waals surface area (Å²) in [7, 11) is 1.65. The Bertz CT molecular complexity index is 603. The van der Waals surface area contributed by atoms with Crippen LogP contribution in [0, 0.1) is 6.92 Å². The van der Waals surface area contributed by atoms with Crippen molar-refractivity contribution in [2.75, 3.05) is 51.9 Å². The van der Waals surface area contributed by atoms with Gasteiger partial charge in [0.15, 0.2) is 5.96 Å². The van der Waals surface area contributed by atoms with Gasteiger partial charge in [0.25, 0.3) is 0 Å². The fraction of sp³-hybridized carbons (Fsp3) is 0.579. The number of nitrogens with zero attached hydrogens (tertiary/aromatic N) is 1. The van der Waals surface area contributed by atoms with Gasteiger partial charge in [-0.1, -0.05) is 17.7 Å². The van der Waals surface area contributed by atoms with Crippen LogP contribution in [0.2, 0.25) is 5.02 Å². The molecule has 1 aromatic rings. The van der Waals surface area contributed by atoms with E-state index < -0.39 is 0 Å². The van der Waals surface area contributed by atoms with Crippen molar-refractivity contribution < 1.29 is 14.3 Å². The molecule has 0 atom stereocenters. The zero-order valence-electron chi connectivity index (χ0n) is 16.8. The summed E-state index contributed by atoms with van der Waals surface area (Å²) in [5.74, 6) is 0.589. The fourth-order valence-corrected chi connectivity index (χ4v) is 2.45. The van der Waals surface area contributed by atoms with E-state index >= 15 is 0 Å². The van der Waals surface area contributed by atoms with Crippen LogP contribution in [0.5, 0.6) is 0 Å². The average molecular weight is 527 g/mol. The van der Waals surface area contributed by atoms with E-state index in [1.807, 2.05) is 32.0 Å². The molecule has 1 rings (SSSR count). The highest BCUT2D eigenvalue weighted by Gasteiger charge is 2.06. The third kappa shape index (κ3) is 12.4. The van der Waals surface area contributed by atoms with Gasteiger partial charge in [0.05, 0.1) is 23.9 Å². The highest BCUT2D eigenvalue weighted by atomic mass is 127. The molecule has 28 heavy (non-hydrogen) atoms. The molecular weight excluding hydrogens is 495 g/mol. The van der Waals surface area contributed by atoms with Gasteiger partial charge in [-0.3, -0.25) is 9.79 Å². The van der Waals surface area contributed by atoms with Gasteiger partial charge in [-0.25, -0.2) is 0 Å². The largest absolute Gasteiger partial charge is 0.382 e. The Morgan fingerprint density at radius 2 is 2.00 bits per heavy atom. The molecule has 0 spiro atoms. The molecule has 0 aliphatic rings. The highest BCUT2D eigenvalue weighted by Crippen LogP contribution is 2.22. The Hall–Kier alpha value is -1.10. The van der Waals surface area contributed by atoms with Crippen molar-refractivity contribution in [2.45, 2.75) is 26.7 Å². The second-order valence-corrected chi connectivity index (χ2v) is 6.33. The number of carbonyl (C=O) groups excluding carboxylic acids is 1. The molecule has 1 aromatic carbocycles. The first-order valence-electron chi connectivity index (χ1n) is 9.21. The number of ether oxygens (including phenoxy) is 2. The first-order chi connectivity index (χ1) is 13.1. The molecule has 0 aliphatic carbocycles. The highest BCUT2D eigenvalue weighted by molar-refractivity contribution is 14.0. The smallest absolute Gasteiger partial charge is 0.226 e. The minimum Gasteiger partial charge on any atom is -0.382 e. The molecule has 9 heteroatoms. The Labute approximate surface area is 190 Å². The summed E-state index contributed by atoms with van der Waals surface area (Å²) >= 11 is 6.13. The topological polar surface area (TPSA) is 84.0 Å². The molecule has 1 amide bonds. The average Bonchev–Trinajstić information content (AvgIpc) is 2.63. The molecule has 0 saturated carbocycles. The van der Waals surface area contributed by atoms with E-state index in [9.17, 15) is 4.79 Å². The summed E-state index contributed by atoms with van der Waals surface area (Å²) in [6.45, 7) is 7.67. The molecule has 0 bridgehead atoms. The number of hydrogen-bond donors (Lipinski definition) is 3. The van der Waals surface area contributed by atoms with Crippen LogP contribution < -0.4 is 16.0 Å². The van der Waals surface area contributed by atoms with Crippen LogP contribution in [-0.2, 0) is 14.3 Å². The standard InChI is InChI=1S/C19H31ClN4O3.HI/c1-4-21-19(22-9-5-11-27-13-12-26-3)23-10-8-18(25)24-17-7-6-15(2)14-16(17)20;/h6-7,14H,4-5,8-13H2,1-3H3,(H,24,25)(H2,21,22,23);1H. The summed E-state index contributed by atoms with van der Waals surface area (Å²) in [4.78, 5) is 16.5. The number of benzene rings is 1. The molecule has 0 radical (unpaired) electrons. The molecule has 0 aliphatic heterocycles. The summed E-state index contributed by atoms with van der Waals surface area (Å²) in [5.41, 5.74) is 1.68. The summed E-state index contributed by atoms with van der Waals surface area (Å²) in [6, 6.07) is 5.54. The minimum absolute atomic E-state index is 0. The van der Waals surface area contributed by atoms with Gasteiger partial charge in [-0.2, -0.15) is 0 Å². The summed E-state index contributed by atoms with van der Waals surface area (Å²) in [5, 5.41) is 9.68. The van der Waals surface area contributed by atoms with Crippen molar-refractivity contribution in [3.8, 4) is 0 Å². The van der Waals surface area contributed by atoms with Crippen LogP contribution in [0.1, 0.15) is 25.3 Å². The Morgan fingerprint density at radius 1 is 1.21 bits per heavy atom. The molecule has 0 unspecified atom stereocenters. The van der Waals surface area contributed by atoms with Crippen molar-refractivity contribution >= 4 is 53.1 Å².